The summed E-state index contributed by atoms with van der Waals surface area (Å²) in [6.07, 6.45) is 2.25. The molecular formula is C19H21N3O4. The predicted molar refractivity (Wildman–Crippen MR) is 95.9 cm³/mol. The van der Waals surface area contributed by atoms with Crippen molar-refractivity contribution in [1.82, 2.24) is 10.3 Å². The third-order valence-corrected chi connectivity index (χ3v) is 4.55. The monoisotopic (exact) mass is 355 g/mol. The van der Waals surface area contributed by atoms with Crippen molar-refractivity contribution in [3.63, 3.8) is 0 Å². The van der Waals surface area contributed by atoms with E-state index in [4.69, 9.17) is 10.5 Å². The zero-order valence-corrected chi connectivity index (χ0v) is 14.5. The fourth-order valence-electron chi connectivity index (χ4n) is 3.23. The van der Waals surface area contributed by atoms with E-state index in [-0.39, 0.29) is 17.5 Å². The number of amides is 2. The Morgan fingerprint density at radius 3 is 2.69 bits per heavy atom. The van der Waals surface area contributed by atoms with Crippen LogP contribution in [-0.2, 0) is 17.8 Å². The van der Waals surface area contributed by atoms with E-state index >= 15 is 0 Å². The molecule has 3 rings (SSSR count). The molecule has 0 saturated carbocycles. The molecule has 4 N–H and O–H groups in total. The fourth-order valence-corrected chi connectivity index (χ4v) is 3.23. The SMILES string of the molecule is COCc1ccc(C(=O)NC2CCCc3[nH]c(=O)c(C(N)=O)cc32)cc1. The van der Waals surface area contributed by atoms with Gasteiger partial charge in [-0.25, -0.2) is 0 Å². The molecule has 2 aromatic rings. The third-order valence-electron chi connectivity index (χ3n) is 4.55. The van der Waals surface area contributed by atoms with Gasteiger partial charge < -0.3 is 20.8 Å². The number of aromatic nitrogens is 1. The Kier molecular flexibility index (Phi) is 5.18. The smallest absolute Gasteiger partial charge is 0.261 e. The number of ether oxygens (including phenoxy) is 1. The average molecular weight is 355 g/mol. The van der Waals surface area contributed by atoms with Gasteiger partial charge in [0.2, 0.25) is 0 Å². The van der Waals surface area contributed by atoms with Crippen molar-refractivity contribution in [1.29, 1.82) is 0 Å². The van der Waals surface area contributed by atoms with Gasteiger partial charge in [0.25, 0.3) is 17.4 Å². The molecule has 1 aliphatic rings. The van der Waals surface area contributed by atoms with Crippen molar-refractivity contribution in [2.75, 3.05) is 7.11 Å². The van der Waals surface area contributed by atoms with Gasteiger partial charge in [0, 0.05) is 18.4 Å². The number of aromatic amines is 1. The van der Waals surface area contributed by atoms with Crippen LogP contribution >= 0.6 is 0 Å². The van der Waals surface area contributed by atoms with Crippen LogP contribution in [-0.4, -0.2) is 23.9 Å². The molecule has 7 heteroatoms. The Hall–Kier alpha value is -2.93. The summed E-state index contributed by atoms with van der Waals surface area (Å²) in [5, 5.41) is 2.98. The van der Waals surface area contributed by atoms with Crippen LogP contribution in [0.5, 0.6) is 0 Å². The Labute approximate surface area is 150 Å². The normalized spacial score (nSPS) is 16.0. The Balaban J connectivity index is 1.83. The van der Waals surface area contributed by atoms with Crippen molar-refractivity contribution in [2.45, 2.75) is 31.9 Å². The van der Waals surface area contributed by atoms with Crippen molar-refractivity contribution < 1.29 is 14.3 Å². The highest BCUT2D eigenvalue weighted by Crippen LogP contribution is 2.28. The molecule has 1 heterocycles. The molecule has 136 valence electrons. The highest BCUT2D eigenvalue weighted by molar-refractivity contribution is 5.95. The maximum atomic E-state index is 12.6. The van der Waals surface area contributed by atoms with Gasteiger partial charge in [-0.15, -0.1) is 0 Å². The summed E-state index contributed by atoms with van der Waals surface area (Å²) in [4.78, 5) is 38.7. The first-order chi connectivity index (χ1) is 12.5. The summed E-state index contributed by atoms with van der Waals surface area (Å²) in [6, 6.07) is 8.40. The summed E-state index contributed by atoms with van der Waals surface area (Å²) < 4.78 is 5.06. The van der Waals surface area contributed by atoms with Crippen LogP contribution < -0.4 is 16.6 Å². The molecule has 1 aromatic carbocycles. The summed E-state index contributed by atoms with van der Waals surface area (Å²) in [5.74, 6) is -0.989. The van der Waals surface area contributed by atoms with Gasteiger partial charge in [-0.05, 0) is 48.6 Å². The summed E-state index contributed by atoms with van der Waals surface area (Å²) in [5.41, 5.74) is 7.70. The lowest BCUT2D eigenvalue weighted by Gasteiger charge is -2.26. The highest BCUT2D eigenvalue weighted by Gasteiger charge is 2.25. The molecule has 0 fully saturated rings. The summed E-state index contributed by atoms with van der Waals surface area (Å²) >= 11 is 0. The number of carbonyl (C=O) groups excluding carboxylic acids is 2. The first-order valence-electron chi connectivity index (χ1n) is 8.44. The largest absolute Gasteiger partial charge is 0.380 e. The molecule has 0 radical (unpaired) electrons. The lowest BCUT2D eigenvalue weighted by atomic mass is 9.90. The second-order valence-electron chi connectivity index (χ2n) is 6.36. The first kappa shape index (κ1) is 17.9. The van der Waals surface area contributed by atoms with E-state index in [2.05, 4.69) is 10.3 Å². The van der Waals surface area contributed by atoms with E-state index in [0.29, 0.717) is 18.6 Å². The number of methoxy groups -OCH3 is 1. The molecule has 7 nitrogen and oxygen atoms in total. The van der Waals surface area contributed by atoms with E-state index in [0.717, 1.165) is 29.7 Å². The van der Waals surface area contributed by atoms with Crippen LogP contribution in [0.15, 0.2) is 35.1 Å². The molecule has 0 saturated heterocycles. The lowest BCUT2D eigenvalue weighted by Crippen LogP contribution is -2.34. The van der Waals surface area contributed by atoms with Crippen LogP contribution in [0.4, 0.5) is 0 Å². The van der Waals surface area contributed by atoms with Gasteiger partial charge in [0.1, 0.15) is 5.56 Å². The number of primary amides is 1. The fraction of sp³-hybridized carbons (Fsp3) is 0.316. The second kappa shape index (κ2) is 7.53. The van der Waals surface area contributed by atoms with Gasteiger partial charge in [-0.1, -0.05) is 12.1 Å². The number of pyridine rings is 1. The van der Waals surface area contributed by atoms with E-state index in [1.54, 1.807) is 19.2 Å². The topological polar surface area (TPSA) is 114 Å². The van der Waals surface area contributed by atoms with Gasteiger partial charge >= 0.3 is 0 Å². The van der Waals surface area contributed by atoms with Gasteiger partial charge in [-0.2, -0.15) is 0 Å². The van der Waals surface area contributed by atoms with Crippen LogP contribution in [0.3, 0.4) is 0 Å². The standard InChI is InChI=1S/C19H21N3O4/c1-26-10-11-5-7-12(8-6-11)18(24)21-15-3-2-4-16-13(15)9-14(17(20)23)19(25)22-16/h5-9,15H,2-4,10H2,1H3,(H2,20,23)(H,21,24)(H,22,25). The maximum Gasteiger partial charge on any atom is 0.261 e. The minimum atomic E-state index is -0.779. The van der Waals surface area contributed by atoms with E-state index in [1.165, 1.54) is 6.07 Å². The first-order valence-corrected chi connectivity index (χ1v) is 8.44. The quantitative estimate of drug-likeness (QED) is 0.752. The molecule has 1 unspecified atom stereocenters. The minimum Gasteiger partial charge on any atom is -0.380 e. The molecule has 26 heavy (non-hydrogen) atoms. The Bertz CT molecular complexity index is 887. The third kappa shape index (κ3) is 3.67. The Morgan fingerprint density at radius 1 is 1.31 bits per heavy atom. The minimum absolute atomic E-state index is 0.0891. The highest BCUT2D eigenvalue weighted by atomic mass is 16.5. The number of rotatable bonds is 5. The number of nitrogens with two attached hydrogens (primary N) is 1. The van der Waals surface area contributed by atoms with Crippen molar-refractivity contribution in [3.05, 3.63) is 68.6 Å². The maximum absolute atomic E-state index is 12.6. The molecular weight excluding hydrogens is 334 g/mol. The van der Waals surface area contributed by atoms with Crippen molar-refractivity contribution in [3.8, 4) is 0 Å². The molecule has 1 aromatic heterocycles. The number of benzene rings is 1. The van der Waals surface area contributed by atoms with E-state index in [9.17, 15) is 14.4 Å². The van der Waals surface area contributed by atoms with Crippen LogP contribution in [0.2, 0.25) is 0 Å². The molecule has 1 atom stereocenters. The van der Waals surface area contributed by atoms with Crippen LogP contribution in [0.1, 0.15) is 56.4 Å². The Morgan fingerprint density at radius 2 is 2.04 bits per heavy atom. The van der Waals surface area contributed by atoms with E-state index < -0.39 is 11.5 Å². The average Bonchev–Trinajstić information content (AvgIpc) is 2.62. The number of H-pyrrole nitrogens is 1. The molecule has 0 spiro atoms. The van der Waals surface area contributed by atoms with E-state index in [1.807, 2.05) is 12.1 Å². The van der Waals surface area contributed by atoms with Gasteiger partial charge in [-0.3, -0.25) is 14.4 Å². The molecule has 0 aliphatic heterocycles. The second-order valence-corrected chi connectivity index (χ2v) is 6.36. The molecule has 1 aliphatic carbocycles. The lowest BCUT2D eigenvalue weighted by molar-refractivity contribution is 0.0932. The van der Waals surface area contributed by atoms with Gasteiger partial charge in [0.05, 0.1) is 12.6 Å². The zero-order chi connectivity index (χ0) is 18.7. The summed E-state index contributed by atoms with van der Waals surface area (Å²) in [7, 11) is 1.62. The number of hydrogen-bond acceptors (Lipinski definition) is 4. The number of aryl methyl sites for hydroxylation is 1. The van der Waals surface area contributed by atoms with Gasteiger partial charge in [0.15, 0.2) is 0 Å². The predicted octanol–water partition coefficient (Wildman–Crippen LogP) is 1.43. The van der Waals surface area contributed by atoms with Crippen molar-refractivity contribution in [2.24, 2.45) is 5.73 Å². The van der Waals surface area contributed by atoms with Crippen LogP contribution in [0.25, 0.3) is 0 Å². The number of hydrogen-bond donors (Lipinski definition) is 3. The van der Waals surface area contributed by atoms with Crippen molar-refractivity contribution >= 4 is 11.8 Å². The zero-order valence-electron chi connectivity index (χ0n) is 14.5. The number of fused-ring (bicyclic) bond motifs is 1. The summed E-state index contributed by atoms with van der Waals surface area (Å²) in [6.45, 7) is 0.487. The van der Waals surface area contributed by atoms with Crippen LogP contribution in [0, 0.1) is 0 Å². The molecule has 2 amide bonds. The number of nitrogens with one attached hydrogen (secondary N) is 2. The number of carbonyl (C=O) groups is 2. The molecule has 0 bridgehead atoms.